The van der Waals surface area contributed by atoms with E-state index < -0.39 is 0 Å². The van der Waals surface area contributed by atoms with E-state index in [2.05, 4.69) is 25.9 Å². The normalized spacial score (nSPS) is 11.0. The molecule has 0 saturated heterocycles. The fourth-order valence-corrected chi connectivity index (χ4v) is 1.56. The van der Waals surface area contributed by atoms with Gasteiger partial charge in [-0.05, 0) is 22.0 Å². The highest BCUT2D eigenvalue weighted by atomic mass is 79.9. The number of H-pyrrole nitrogens is 1. The first-order valence-corrected chi connectivity index (χ1v) is 4.83. The molecule has 2 aromatic rings. The lowest BCUT2D eigenvalue weighted by molar-refractivity contribution is 0.623. The average Bonchev–Trinajstić information content (AvgIpc) is 2.48. The van der Waals surface area contributed by atoms with Crippen LogP contribution in [0.5, 0.6) is 0 Å². The Kier molecular flexibility index (Phi) is 2.07. The van der Waals surface area contributed by atoms with Gasteiger partial charge >= 0.3 is 0 Å². The lowest BCUT2D eigenvalue weighted by atomic mass is 10.3. The summed E-state index contributed by atoms with van der Waals surface area (Å²) in [5.74, 6) is 0.617. The van der Waals surface area contributed by atoms with Crippen molar-refractivity contribution in [2.75, 3.05) is 0 Å². The van der Waals surface area contributed by atoms with Crippen LogP contribution in [-0.4, -0.2) is 9.97 Å². The fourth-order valence-electron chi connectivity index (χ4n) is 1.23. The minimum absolute atomic E-state index is 0.265. The molecule has 0 unspecified atom stereocenters. The van der Waals surface area contributed by atoms with E-state index in [0.717, 1.165) is 23.3 Å². The lowest BCUT2D eigenvalue weighted by Gasteiger charge is -1.92. The summed E-state index contributed by atoms with van der Waals surface area (Å²) in [5, 5.41) is 0. The molecule has 0 saturated carbocycles. The SMILES string of the molecule is CCc1nc2cc(Br)c(F)cc2[nH]1. The largest absolute Gasteiger partial charge is 0.342 e. The van der Waals surface area contributed by atoms with Gasteiger partial charge in [0.2, 0.25) is 0 Å². The van der Waals surface area contributed by atoms with Crippen molar-refractivity contribution in [3.05, 3.63) is 28.2 Å². The van der Waals surface area contributed by atoms with E-state index in [-0.39, 0.29) is 5.82 Å². The van der Waals surface area contributed by atoms with Crippen LogP contribution in [0.25, 0.3) is 11.0 Å². The maximum absolute atomic E-state index is 13.1. The highest BCUT2D eigenvalue weighted by molar-refractivity contribution is 9.10. The summed E-state index contributed by atoms with van der Waals surface area (Å²) in [4.78, 5) is 7.32. The van der Waals surface area contributed by atoms with Crippen molar-refractivity contribution in [2.45, 2.75) is 13.3 Å². The van der Waals surface area contributed by atoms with E-state index in [4.69, 9.17) is 0 Å². The maximum atomic E-state index is 13.1. The Hall–Kier alpha value is -0.900. The highest BCUT2D eigenvalue weighted by Gasteiger charge is 2.05. The van der Waals surface area contributed by atoms with Gasteiger partial charge in [0.1, 0.15) is 11.6 Å². The molecule has 0 bridgehead atoms. The molecule has 0 atom stereocenters. The number of nitrogens with zero attached hydrogens (tertiary/aromatic N) is 1. The van der Waals surface area contributed by atoms with Crippen molar-refractivity contribution in [1.82, 2.24) is 9.97 Å². The summed E-state index contributed by atoms with van der Waals surface area (Å²) in [6, 6.07) is 3.13. The van der Waals surface area contributed by atoms with Crippen LogP contribution in [0.3, 0.4) is 0 Å². The summed E-state index contributed by atoms with van der Waals surface area (Å²) >= 11 is 3.12. The Morgan fingerprint density at radius 2 is 2.31 bits per heavy atom. The summed E-state index contributed by atoms with van der Waals surface area (Å²) in [7, 11) is 0. The van der Waals surface area contributed by atoms with Crippen molar-refractivity contribution in [2.24, 2.45) is 0 Å². The van der Waals surface area contributed by atoms with Crippen LogP contribution in [0.15, 0.2) is 16.6 Å². The number of rotatable bonds is 1. The quantitative estimate of drug-likeness (QED) is 0.819. The molecular weight excluding hydrogens is 235 g/mol. The number of hydrogen-bond donors (Lipinski definition) is 1. The number of nitrogens with one attached hydrogen (secondary N) is 1. The van der Waals surface area contributed by atoms with Gasteiger partial charge in [0.05, 0.1) is 15.5 Å². The molecule has 0 amide bonds. The zero-order chi connectivity index (χ0) is 9.42. The van der Waals surface area contributed by atoms with Gasteiger partial charge in [0, 0.05) is 12.5 Å². The third-order valence-corrected chi connectivity index (χ3v) is 2.52. The van der Waals surface area contributed by atoms with Crippen LogP contribution in [-0.2, 0) is 6.42 Å². The number of benzene rings is 1. The molecule has 13 heavy (non-hydrogen) atoms. The first kappa shape index (κ1) is 8.69. The number of imidazole rings is 1. The second kappa shape index (κ2) is 3.10. The van der Waals surface area contributed by atoms with Gasteiger partial charge in [-0.2, -0.15) is 0 Å². The maximum Gasteiger partial charge on any atom is 0.139 e. The summed E-state index contributed by atoms with van der Waals surface area (Å²) in [5.41, 5.74) is 1.54. The van der Waals surface area contributed by atoms with E-state index in [0.29, 0.717) is 4.47 Å². The number of aromatic nitrogens is 2. The lowest BCUT2D eigenvalue weighted by Crippen LogP contribution is -1.79. The Labute approximate surface area is 83.3 Å². The van der Waals surface area contributed by atoms with Gasteiger partial charge in [-0.1, -0.05) is 6.92 Å². The van der Waals surface area contributed by atoms with Gasteiger partial charge < -0.3 is 4.98 Å². The number of hydrogen-bond acceptors (Lipinski definition) is 1. The smallest absolute Gasteiger partial charge is 0.139 e. The second-order valence-electron chi connectivity index (χ2n) is 2.82. The molecule has 0 radical (unpaired) electrons. The molecule has 0 fully saturated rings. The standard InChI is InChI=1S/C9H8BrFN2/c1-2-9-12-7-3-5(10)6(11)4-8(7)13-9/h3-4H,2H2,1H3,(H,12,13). The van der Waals surface area contributed by atoms with Crippen molar-refractivity contribution < 1.29 is 4.39 Å². The monoisotopic (exact) mass is 242 g/mol. The van der Waals surface area contributed by atoms with Crippen LogP contribution in [0.1, 0.15) is 12.7 Å². The van der Waals surface area contributed by atoms with E-state index in [1.807, 2.05) is 6.92 Å². The van der Waals surface area contributed by atoms with Crippen molar-refractivity contribution >= 4 is 27.0 Å². The molecule has 2 rings (SSSR count). The Balaban J connectivity index is 2.70. The van der Waals surface area contributed by atoms with E-state index >= 15 is 0 Å². The van der Waals surface area contributed by atoms with Crippen LogP contribution in [0.4, 0.5) is 4.39 Å². The zero-order valence-electron chi connectivity index (χ0n) is 7.06. The molecule has 68 valence electrons. The first-order chi connectivity index (χ1) is 6.20. The van der Waals surface area contributed by atoms with Crippen LogP contribution in [0.2, 0.25) is 0 Å². The summed E-state index contributed by atoms with van der Waals surface area (Å²) in [6.07, 6.45) is 0.827. The second-order valence-corrected chi connectivity index (χ2v) is 3.67. The van der Waals surface area contributed by atoms with Gasteiger partial charge in [-0.3, -0.25) is 0 Å². The molecule has 0 aliphatic carbocycles. The average molecular weight is 243 g/mol. The van der Waals surface area contributed by atoms with Gasteiger partial charge in [0.15, 0.2) is 0 Å². The van der Waals surface area contributed by atoms with Crippen LogP contribution in [0, 0.1) is 5.82 Å². The third kappa shape index (κ3) is 1.46. The van der Waals surface area contributed by atoms with Gasteiger partial charge in [-0.15, -0.1) is 0 Å². The van der Waals surface area contributed by atoms with Crippen LogP contribution >= 0.6 is 15.9 Å². The van der Waals surface area contributed by atoms with E-state index in [1.54, 1.807) is 6.07 Å². The molecule has 1 aromatic carbocycles. The molecule has 1 N–H and O–H groups in total. The highest BCUT2D eigenvalue weighted by Crippen LogP contribution is 2.21. The topological polar surface area (TPSA) is 28.7 Å². The predicted molar refractivity (Wildman–Crippen MR) is 53.1 cm³/mol. The van der Waals surface area contributed by atoms with E-state index in [1.165, 1.54) is 6.07 Å². The molecule has 0 spiro atoms. The first-order valence-electron chi connectivity index (χ1n) is 4.04. The minimum atomic E-state index is -0.265. The molecule has 0 aliphatic heterocycles. The van der Waals surface area contributed by atoms with Crippen molar-refractivity contribution in [3.8, 4) is 0 Å². The molecule has 2 nitrogen and oxygen atoms in total. The number of halogens is 2. The molecule has 1 aromatic heterocycles. The molecule has 0 aliphatic rings. The van der Waals surface area contributed by atoms with Crippen molar-refractivity contribution in [1.29, 1.82) is 0 Å². The fraction of sp³-hybridized carbons (Fsp3) is 0.222. The van der Waals surface area contributed by atoms with Gasteiger partial charge in [-0.25, -0.2) is 9.37 Å². The zero-order valence-corrected chi connectivity index (χ0v) is 8.65. The minimum Gasteiger partial charge on any atom is -0.342 e. The Bertz CT molecular complexity index is 411. The number of aryl methyl sites for hydroxylation is 1. The van der Waals surface area contributed by atoms with E-state index in [9.17, 15) is 4.39 Å². The Morgan fingerprint density at radius 3 is 3.00 bits per heavy atom. The Morgan fingerprint density at radius 1 is 1.54 bits per heavy atom. The third-order valence-electron chi connectivity index (χ3n) is 1.91. The predicted octanol–water partition coefficient (Wildman–Crippen LogP) is 3.03. The molecular formula is C9H8BrFN2. The number of fused-ring (bicyclic) bond motifs is 1. The summed E-state index contributed by atoms with van der Waals surface area (Å²) in [6.45, 7) is 2.00. The van der Waals surface area contributed by atoms with Crippen molar-refractivity contribution in [3.63, 3.8) is 0 Å². The molecule has 4 heteroatoms. The van der Waals surface area contributed by atoms with Crippen LogP contribution < -0.4 is 0 Å². The molecule has 1 heterocycles. The van der Waals surface area contributed by atoms with Gasteiger partial charge in [0.25, 0.3) is 0 Å². The summed E-state index contributed by atoms with van der Waals surface area (Å²) < 4.78 is 13.5. The number of aromatic amines is 1.